The summed E-state index contributed by atoms with van der Waals surface area (Å²) in [4.78, 5) is 42.9. The first-order valence-electron chi connectivity index (χ1n) is 8.83. The maximum absolute atomic E-state index is 13.1. The zero-order valence-corrected chi connectivity index (χ0v) is 15.7. The highest BCUT2D eigenvalue weighted by molar-refractivity contribution is 7.13. The lowest BCUT2D eigenvalue weighted by molar-refractivity contribution is 0.0577. The van der Waals surface area contributed by atoms with Crippen LogP contribution < -0.4 is 0 Å². The molecule has 8 heteroatoms. The Kier molecular flexibility index (Phi) is 4.44. The lowest BCUT2D eigenvalue weighted by atomic mass is 9.95. The Morgan fingerprint density at radius 3 is 2.65 bits per heavy atom. The number of fused-ring (bicyclic) bond motifs is 4. The summed E-state index contributed by atoms with van der Waals surface area (Å²) in [5, 5.41) is 0.908. The molecular formula is C18H21N5O2S. The molecule has 0 saturated carbocycles. The molecule has 5 rings (SSSR count). The molecule has 5 heterocycles. The average Bonchev–Trinajstić information content (AvgIpc) is 2.82. The van der Waals surface area contributed by atoms with Gasteiger partial charge < -0.3 is 9.80 Å². The number of hydrogen-bond acceptors (Lipinski definition) is 6. The Balaban J connectivity index is 1.56. The summed E-state index contributed by atoms with van der Waals surface area (Å²) in [6.45, 7) is 5.72. The molecule has 0 N–H and O–H groups in total. The molecule has 3 fully saturated rings. The minimum atomic E-state index is -0.103. The van der Waals surface area contributed by atoms with E-state index in [0.29, 0.717) is 31.2 Å². The van der Waals surface area contributed by atoms with Crippen LogP contribution in [0.4, 0.5) is 0 Å². The number of carbonyl (C=O) groups excluding carboxylic acids is 2. The molecule has 2 aromatic heterocycles. The lowest BCUT2D eigenvalue weighted by Gasteiger charge is -2.35. The second-order valence-electron chi connectivity index (χ2n) is 7.00. The molecule has 0 aromatic carbocycles. The zero-order valence-electron chi connectivity index (χ0n) is 14.9. The number of aromatic nitrogens is 3. The van der Waals surface area contributed by atoms with Crippen LogP contribution >= 0.6 is 11.3 Å². The first kappa shape index (κ1) is 17.1. The number of nitrogens with zero attached hydrogens (tertiary/aromatic N) is 5. The zero-order chi connectivity index (χ0) is 18.3. The minimum Gasteiger partial charge on any atom is -0.335 e. The van der Waals surface area contributed by atoms with Crippen molar-refractivity contribution in [3.05, 3.63) is 39.9 Å². The fourth-order valence-electron chi connectivity index (χ4n) is 3.93. The van der Waals surface area contributed by atoms with Crippen molar-refractivity contribution in [3.8, 4) is 0 Å². The summed E-state index contributed by atoms with van der Waals surface area (Å²) in [6, 6.07) is 0.0451. The molecule has 2 aromatic rings. The van der Waals surface area contributed by atoms with Crippen molar-refractivity contribution in [2.75, 3.05) is 19.6 Å². The molecule has 3 aliphatic heterocycles. The second-order valence-corrected chi connectivity index (χ2v) is 8.21. The summed E-state index contributed by atoms with van der Waals surface area (Å²) in [5.74, 6) is 0.248. The van der Waals surface area contributed by atoms with Gasteiger partial charge in [-0.25, -0.2) is 9.97 Å². The van der Waals surface area contributed by atoms with Gasteiger partial charge in [-0.15, -0.1) is 11.3 Å². The molecule has 0 radical (unpaired) electrons. The van der Waals surface area contributed by atoms with Crippen molar-refractivity contribution < 1.29 is 9.59 Å². The predicted molar refractivity (Wildman–Crippen MR) is 97.1 cm³/mol. The minimum absolute atomic E-state index is 0.0451. The molecular weight excluding hydrogens is 350 g/mol. The molecule has 0 unspecified atom stereocenters. The van der Waals surface area contributed by atoms with E-state index in [2.05, 4.69) is 15.0 Å². The van der Waals surface area contributed by atoms with E-state index in [1.807, 2.05) is 23.6 Å². The summed E-state index contributed by atoms with van der Waals surface area (Å²) in [6.07, 6.45) is 6.56. The van der Waals surface area contributed by atoms with Gasteiger partial charge in [0.05, 0.1) is 16.9 Å². The van der Waals surface area contributed by atoms with E-state index in [1.165, 1.54) is 23.7 Å². The fourth-order valence-corrected chi connectivity index (χ4v) is 4.80. The van der Waals surface area contributed by atoms with Crippen LogP contribution in [0.3, 0.4) is 0 Å². The van der Waals surface area contributed by atoms with Gasteiger partial charge in [0.15, 0.2) is 0 Å². The molecule has 3 aliphatic rings. The smallest absolute Gasteiger partial charge is 0.274 e. The van der Waals surface area contributed by atoms with E-state index in [1.54, 1.807) is 6.20 Å². The van der Waals surface area contributed by atoms with Gasteiger partial charge in [-0.3, -0.25) is 14.6 Å². The lowest BCUT2D eigenvalue weighted by Crippen LogP contribution is -2.47. The number of hydrogen-bond donors (Lipinski definition) is 0. The van der Waals surface area contributed by atoms with E-state index in [0.717, 1.165) is 28.4 Å². The van der Waals surface area contributed by atoms with Gasteiger partial charge in [-0.1, -0.05) is 0 Å². The van der Waals surface area contributed by atoms with Gasteiger partial charge >= 0.3 is 0 Å². The maximum Gasteiger partial charge on any atom is 0.274 e. The van der Waals surface area contributed by atoms with Gasteiger partial charge in [0, 0.05) is 38.1 Å². The highest BCUT2D eigenvalue weighted by Crippen LogP contribution is 2.31. The van der Waals surface area contributed by atoms with Crippen molar-refractivity contribution >= 4 is 23.2 Å². The topological polar surface area (TPSA) is 79.3 Å². The second kappa shape index (κ2) is 6.75. The largest absolute Gasteiger partial charge is 0.335 e. The Labute approximate surface area is 156 Å². The Morgan fingerprint density at radius 1 is 1.12 bits per heavy atom. The first-order valence-corrected chi connectivity index (χ1v) is 9.65. The molecule has 2 atom stereocenters. The quantitative estimate of drug-likeness (QED) is 0.806. The normalized spacial score (nSPS) is 22.4. The van der Waals surface area contributed by atoms with Gasteiger partial charge in [0.2, 0.25) is 0 Å². The number of amides is 2. The van der Waals surface area contributed by atoms with Crippen molar-refractivity contribution in [2.45, 2.75) is 32.7 Å². The van der Waals surface area contributed by atoms with E-state index in [9.17, 15) is 9.59 Å². The third-order valence-electron chi connectivity index (χ3n) is 5.14. The third-order valence-corrected chi connectivity index (χ3v) is 6.20. The molecule has 2 amide bonds. The van der Waals surface area contributed by atoms with Crippen LogP contribution in [0.5, 0.6) is 0 Å². The number of rotatable bonds is 2. The molecule has 2 bridgehead atoms. The monoisotopic (exact) mass is 371 g/mol. The first-order chi connectivity index (χ1) is 12.5. The summed E-state index contributed by atoms with van der Waals surface area (Å²) < 4.78 is 0. The van der Waals surface area contributed by atoms with Gasteiger partial charge in [-0.2, -0.15) is 0 Å². The SMILES string of the molecule is Cc1nc(C)c(C(=O)N2C[C@H]3CC[C@@H]2CN(C(=O)c2cnccn2)C3)s1. The maximum atomic E-state index is 13.1. The molecule has 0 aliphatic carbocycles. The van der Waals surface area contributed by atoms with Gasteiger partial charge in [0.1, 0.15) is 10.6 Å². The Bertz CT molecular complexity index is 837. The van der Waals surface area contributed by atoms with E-state index < -0.39 is 0 Å². The highest BCUT2D eigenvalue weighted by Gasteiger charge is 2.40. The molecule has 3 saturated heterocycles. The van der Waals surface area contributed by atoms with Crippen molar-refractivity contribution in [3.63, 3.8) is 0 Å². The fraction of sp³-hybridized carbons (Fsp3) is 0.500. The molecule has 0 spiro atoms. The van der Waals surface area contributed by atoms with E-state index in [-0.39, 0.29) is 17.9 Å². The summed E-state index contributed by atoms with van der Waals surface area (Å²) in [5.41, 5.74) is 1.16. The predicted octanol–water partition coefficient (Wildman–Crippen LogP) is 1.93. The molecule has 26 heavy (non-hydrogen) atoms. The van der Waals surface area contributed by atoms with Gasteiger partial charge in [0.25, 0.3) is 11.8 Å². The number of carbonyl (C=O) groups is 2. The van der Waals surface area contributed by atoms with Crippen LogP contribution in [-0.2, 0) is 0 Å². The van der Waals surface area contributed by atoms with Crippen LogP contribution in [0.2, 0.25) is 0 Å². The van der Waals surface area contributed by atoms with Crippen molar-refractivity contribution in [1.82, 2.24) is 24.8 Å². The molecule has 136 valence electrons. The van der Waals surface area contributed by atoms with Crippen LogP contribution in [0, 0.1) is 19.8 Å². The standard InChI is InChI=1S/C18H21N5O2S/c1-11-16(26-12(2)21-11)18(25)23-9-13-3-4-14(23)10-22(8-13)17(24)15-7-19-5-6-20-15/h5-7,13-14H,3-4,8-10H2,1-2H3/t13-,14+/m0/s1. The van der Waals surface area contributed by atoms with Crippen LogP contribution in [-0.4, -0.2) is 62.2 Å². The highest BCUT2D eigenvalue weighted by atomic mass is 32.1. The number of aryl methyl sites for hydroxylation is 2. The number of thiazole rings is 1. The van der Waals surface area contributed by atoms with Crippen molar-refractivity contribution in [2.24, 2.45) is 5.92 Å². The molecule has 7 nitrogen and oxygen atoms in total. The van der Waals surface area contributed by atoms with Crippen LogP contribution in [0.15, 0.2) is 18.6 Å². The average molecular weight is 371 g/mol. The summed E-state index contributed by atoms with van der Waals surface area (Å²) in [7, 11) is 0. The van der Waals surface area contributed by atoms with Crippen LogP contribution in [0.1, 0.15) is 43.7 Å². The third kappa shape index (κ3) is 3.09. The van der Waals surface area contributed by atoms with E-state index >= 15 is 0 Å². The van der Waals surface area contributed by atoms with Crippen molar-refractivity contribution in [1.29, 1.82) is 0 Å². The van der Waals surface area contributed by atoms with Crippen LogP contribution in [0.25, 0.3) is 0 Å². The Morgan fingerprint density at radius 2 is 1.96 bits per heavy atom. The summed E-state index contributed by atoms with van der Waals surface area (Å²) >= 11 is 1.45. The van der Waals surface area contributed by atoms with E-state index in [4.69, 9.17) is 0 Å². The number of piperidine rings is 1. The van der Waals surface area contributed by atoms with Gasteiger partial charge in [-0.05, 0) is 32.6 Å². The Hall–Kier alpha value is -2.35.